The minimum absolute atomic E-state index is 0.187. The second-order valence-corrected chi connectivity index (χ2v) is 7.80. The number of hydrogen-bond acceptors (Lipinski definition) is 10. The lowest BCUT2D eigenvalue weighted by Crippen LogP contribution is -2.60. The van der Waals surface area contributed by atoms with Crippen LogP contribution in [0.25, 0.3) is 22.1 Å². The summed E-state index contributed by atoms with van der Waals surface area (Å²) in [4.78, 5) is 24.0. The van der Waals surface area contributed by atoms with Gasteiger partial charge in [-0.15, -0.1) is 0 Å². The van der Waals surface area contributed by atoms with Crippen LogP contribution < -0.4 is 14.9 Å². The maximum Gasteiger partial charge on any atom is 0.302 e. The fraction of sp³-hybridized carbons (Fsp3) is 0.333. The number of aliphatic hydroxyl groups excluding tert-OH is 3. The van der Waals surface area contributed by atoms with Crippen molar-refractivity contribution >= 4 is 16.9 Å². The Kier molecular flexibility index (Phi) is 6.85. The minimum atomic E-state index is -1.59. The number of carbonyl (C=O) groups excluding carboxylic acids is 1. The number of carbonyl (C=O) groups is 1. The molecule has 0 amide bonds. The van der Waals surface area contributed by atoms with Crippen LogP contribution in [0, 0.1) is 0 Å². The third kappa shape index (κ3) is 4.75. The van der Waals surface area contributed by atoms with E-state index in [1.807, 2.05) is 0 Å². The molecule has 180 valence electrons. The van der Waals surface area contributed by atoms with Crippen molar-refractivity contribution in [2.45, 2.75) is 37.6 Å². The molecule has 3 N–H and O–H groups in total. The second-order valence-electron chi connectivity index (χ2n) is 7.80. The number of rotatable bonds is 6. The molecule has 10 nitrogen and oxygen atoms in total. The largest absolute Gasteiger partial charge is 0.497 e. The molecule has 0 bridgehead atoms. The van der Waals surface area contributed by atoms with Crippen LogP contribution in [0.2, 0.25) is 0 Å². The van der Waals surface area contributed by atoms with Gasteiger partial charge >= 0.3 is 5.97 Å². The van der Waals surface area contributed by atoms with E-state index in [9.17, 15) is 24.9 Å². The SMILES string of the molecule is COc1ccc(-c2coc3cc(O[C@@H]4OC(COC(C)=O)[C@@H](O)[C@H](O)C4O)ccc3c2=O)cc1. The van der Waals surface area contributed by atoms with Gasteiger partial charge in [-0.3, -0.25) is 9.59 Å². The molecule has 0 saturated carbocycles. The van der Waals surface area contributed by atoms with Gasteiger partial charge in [-0.05, 0) is 29.8 Å². The summed E-state index contributed by atoms with van der Waals surface area (Å²) in [6.45, 7) is 0.859. The van der Waals surface area contributed by atoms with Gasteiger partial charge in [0.15, 0.2) is 5.43 Å². The Morgan fingerprint density at radius 2 is 1.71 bits per heavy atom. The number of hydrogen-bond donors (Lipinski definition) is 3. The van der Waals surface area contributed by atoms with Gasteiger partial charge < -0.3 is 38.7 Å². The molecule has 34 heavy (non-hydrogen) atoms. The molecule has 0 aliphatic carbocycles. The third-order valence-corrected chi connectivity index (χ3v) is 5.52. The Morgan fingerprint density at radius 1 is 1.00 bits per heavy atom. The fourth-order valence-corrected chi connectivity index (χ4v) is 3.64. The zero-order chi connectivity index (χ0) is 24.4. The van der Waals surface area contributed by atoms with Gasteiger partial charge in [0.1, 0.15) is 54.4 Å². The summed E-state index contributed by atoms with van der Waals surface area (Å²) in [5.41, 5.74) is 1.04. The third-order valence-electron chi connectivity index (χ3n) is 5.52. The van der Waals surface area contributed by atoms with Crippen molar-refractivity contribution in [3.63, 3.8) is 0 Å². The zero-order valence-corrected chi connectivity index (χ0v) is 18.4. The maximum atomic E-state index is 13.0. The van der Waals surface area contributed by atoms with Crippen molar-refractivity contribution in [3.8, 4) is 22.6 Å². The van der Waals surface area contributed by atoms with Gasteiger partial charge in [-0.1, -0.05) is 12.1 Å². The average molecular weight is 472 g/mol. The van der Waals surface area contributed by atoms with Crippen molar-refractivity contribution in [3.05, 3.63) is 59.0 Å². The number of esters is 1. The molecule has 0 radical (unpaired) electrons. The van der Waals surface area contributed by atoms with Crippen LogP contribution in [-0.4, -0.2) is 65.7 Å². The number of aliphatic hydroxyl groups is 3. The molecule has 10 heteroatoms. The molecule has 2 unspecified atom stereocenters. The molecule has 1 saturated heterocycles. The van der Waals surface area contributed by atoms with E-state index in [4.69, 9.17) is 23.4 Å². The van der Waals surface area contributed by atoms with E-state index in [1.54, 1.807) is 31.4 Å². The van der Waals surface area contributed by atoms with Crippen LogP contribution >= 0.6 is 0 Å². The predicted molar refractivity (Wildman–Crippen MR) is 118 cm³/mol. The van der Waals surface area contributed by atoms with E-state index in [-0.39, 0.29) is 23.4 Å². The van der Waals surface area contributed by atoms with Crippen LogP contribution in [0.5, 0.6) is 11.5 Å². The van der Waals surface area contributed by atoms with E-state index >= 15 is 0 Å². The highest BCUT2D eigenvalue weighted by Crippen LogP contribution is 2.28. The van der Waals surface area contributed by atoms with Crippen LogP contribution in [0.1, 0.15) is 6.92 Å². The highest BCUT2D eigenvalue weighted by atomic mass is 16.7. The molecule has 0 spiro atoms. The molecule has 1 aromatic heterocycles. The average Bonchev–Trinajstić information content (AvgIpc) is 2.84. The highest BCUT2D eigenvalue weighted by Gasteiger charge is 2.45. The smallest absolute Gasteiger partial charge is 0.302 e. The Labute approximate surface area is 193 Å². The van der Waals surface area contributed by atoms with E-state index in [0.717, 1.165) is 0 Å². The molecule has 4 rings (SSSR count). The van der Waals surface area contributed by atoms with Crippen LogP contribution in [0.3, 0.4) is 0 Å². The Hall–Kier alpha value is -3.44. The Balaban J connectivity index is 1.56. The quantitative estimate of drug-likeness (QED) is 0.448. The molecule has 5 atom stereocenters. The maximum absolute atomic E-state index is 13.0. The van der Waals surface area contributed by atoms with E-state index < -0.39 is 36.7 Å². The normalized spacial score (nSPS) is 24.6. The first-order valence-corrected chi connectivity index (χ1v) is 10.5. The topological polar surface area (TPSA) is 145 Å². The van der Waals surface area contributed by atoms with Crippen molar-refractivity contribution in [2.75, 3.05) is 13.7 Å². The summed E-state index contributed by atoms with van der Waals surface area (Å²) in [6.07, 6.45) is -5.80. The van der Waals surface area contributed by atoms with Crippen molar-refractivity contribution in [2.24, 2.45) is 0 Å². The highest BCUT2D eigenvalue weighted by molar-refractivity contribution is 5.82. The number of ether oxygens (including phenoxy) is 4. The number of benzene rings is 2. The van der Waals surface area contributed by atoms with Gasteiger partial charge in [-0.2, -0.15) is 0 Å². The van der Waals surface area contributed by atoms with Crippen LogP contribution in [0.15, 0.2) is 57.9 Å². The molecule has 1 aliphatic rings. The first-order chi connectivity index (χ1) is 16.3. The van der Waals surface area contributed by atoms with Gasteiger partial charge in [0.05, 0.1) is 18.1 Å². The first-order valence-electron chi connectivity index (χ1n) is 10.5. The van der Waals surface area contributed by atoms with Gasteiger partial charge in [-0.25, -0.2) is 0 Å². The molecular weight excluding hydrogens is 448 g/mol. The predicted octanol–water partition coefficient (Wildman–Crippen LogP) is 1.22. The van der Waals surface area contributed by atoms with Crippen molar-refractivity contribution in [1.82, 2.24) is 0 Å². The lowest BCUT2D eigenvalue weighted by Gasteiger charge is -2.39. The van der Waals surface area contributed by atoms with Gasteiger partial charge in [0, 0.05) is 13.0 Å². The summed E-state index contributed by atoms with van der Waals surface area (Å²) in [5, 5.41) is 30.8. The monoisotopic (exact) mass is 472 g/mol. The summed E-state index contributed by atoms with van der Waals surface area (Å²) in [6, 6.07) is 11.4. The van der Waals surface area contributed by atoms with Crippen LogP contribution in [0.4, 0.5) is 0 Å². The molecule has 2 heterocycles. The number of fused-ring (bicyclic) bond motifs is 1. The summed E-state index contributed by atoms with van der Waals surface area (Å²) >= 11 is 0. The Morgan fingerprint density at radius 3 is 2.38 bits per heavy atom. The summed E-state index contributed by atoms with van der Waals surface area (Å²) in [5.74, 6) is 0.259. The van der Waals surface area contributed by atoms with Gasteiger partial charge in [0.2, 0.25) is 6.29 Å². The zero-order valence-electron chi connectivity index (χ0n) is 18.4. The standard InChI is InChI=1S/C24H24O10/c1-12(25)31-11-19-21(27)22(28)23(29)24(34-19)33-15-7-8-16-18(9-15)32-10-17(20(16)26)13-3-5-14(30-2)6-4-13/h3-10,19,21-24,27-29H,11H2,1-2H3/t19?,21-,22+,23?,24-/m1/s1. The van der Waals surface area contributed by atoms with E-state index in [2.05, 4.69) is 0 Å². The Bertz CT molecular complexity index is 1220. The minimum Gasteiger partial charge on any atom is -0.497 e. The van der Waals surface area contributed by atoms with E-state index in [1.165, 1.54) is 31.4 Å². The molecule has 1 fully saturated rings. The first kappa shape index (κ1) is 23.7. The summed E-state index contributed by atoms with van der Waals surface area (Å²) < 4.78 is 26.8. The van der Waals surface area contributed by atoms with Crippen molar-refractivity contribution in [1.29, 1.82) is 0 Å². The fourth-order valence-electron chi connectivity index (χ4n) is 3.64. The lowest BCUT2D eigenvalue weighted by atomic mass is 9.99. The van der Waals surface area contributed by atoms with Crippen LogP contribution in [-0.2, 0) is 14.3 Å². The lowest BCUT2D eigenvalue weighted by molar-refractivity contribution is -0.278. The molecule has 3 aromatic rings. The number of methoxy groups -OCH3 is 1. The molecule has 1 aliphatic heterocycles. The summed E-state index contributed by atoms with van der Waals surface area (Å²) in [7, 11) is 1.55. The van der Waals surface area contributed by atoms with E-state index in [0.29, 0.717) is 22.3 Å². The second kappa shape index (κ2) is 9.82. The molecule has 2 aromatic carbocycles. The molecular formula is C24H24O10. The van der Waals surface area contributed by atoms with Gasteiger partial charge in [0.25, 0.3) is 0 Å². The van der Waals surface area contributed by atoms with Crippen molar-refractivity contribution < 1.29 is 43.5 Å².